The standard InChI is InChI=1S/C28H35NO5/c1-7-9-10-13-29-26(30)14-18(3)21-16-23-24(17-34-28(23)19(4)27(21)33-8-2)22-15-20(31-5)11-12-25(22)32-6/h11-12,14-17H,7-10,13H2,1-6H3,(H,29,30)/b18-14+. The summed E-state index contributed by atoms with van der Waals surface area (Å²) in [5.74, 6) is 2.07. The van der Waals surface area contributed by atoms with E-state index in [4.69, 9.17) is 18.6 Å². The average Bonchev–Trinajstić information content (AvgIpc) is 3.27. The minimum Gasteiger partial charge on any atom is -0.497 e. The maximum absolute atomic E-state index is 12.5. The van der Waals surface area contributed by atoms with Crippen LogP contribution in [0, 0.1) is 6.92 Å². The van der Waals surface area contributed by atoms with Gasteiger partial charge in [-0.1, -0.05) is 19.8 Å². The van der Waals surface area contributed by atoms with E-state index in [1.807, 2.05) is 45.0 Å². The van der Waals surface area contributed by atoms with E-state index in [-0.39, 0.29) is 5.91 Å². The van der Waals surface area contributed by atoms with Crippen molar-refractivity contribution in [2.24, 2.45) is 0 Å². The summed E-state index contributed by atoms with van der Waals surface area (Å²) in [5, 5.41) is 3.89. The third-order valence-electron chi connectivity index (χ3n) is 5.88. The van der Waals surface area contributed by atoms with Gasteiger partial charge < -0.3 is 23.9 Å². The molecule has 1 N–H and O–H groups in total. The number of nitrogens with one attached hydrogen (secondary N) is 1. The molecule has 0 aliphatic carbocycles. The lowest BCUT2D eigenvalue weighted by molar-refractivity contribution is -0.116. The van der Waals surface area contributed by atoms with Gasteiger partial charge in [-0.15, -0.1) is 0 Å². The smallest absolute Gasteiger partial charge is 0.244 e. The molecule has 6 heteroatoms. The second-order valence-electron chi connectivity index (χ2n) is 8.23. The minimum atomic E-state index is -0.101. The molecule has 0 atom stereocenters. The number of benzene rings is 2. The lowest BCUT2D eigenvalue weighted by atomic mass is 9.96. The summed E-state index contributed by atoms with van der Waals surface area (Å²) in [6, 6.07) is 7.70. The van der Waals surface area contributed by atoms with Crippen molar-refractivity contribution in [2.75, 3.05) is 27.4 Å². The highest BCUT2D eigenvalue weighted by Gasteiger charge is 2.21. The van der Waals surface area contributed by atoms with Gasteiger partial charge in [0.25, 0.3) is 0 Å². The number of amides is 1. The van der Waals surface area contributed by atoms with Crippen molar-refractivity contribution in [3.63, 3.8) is 0 Å². The summed E-state index contributed by atoms with van der Waals surface area (Å²) < 4.78 is 23.1. The Morgan fingerprint density at radius 3 is 2.56 bits per heavy atom. The predicted molar refractivity (Wildman–Crippen MR) is 137 cm³/mol. The zero-order valence-electron chi connectivity index (χ0n) is 21.0. The summed E-state index contributed by atoms with van der Waals surface area (Å²) in [4.78, 5) is 12.5. The third kappa shape index (κ3) is 5.38. The van der Waals surface area contributed by atoms with Gasteiger partial charge in [0.15, 0.2) is 0 Å². The zero-order valence-corrected chi connectivity index (χ0v) is 21.0. The molecule has 0 spiro atoms. The van der Waals surface area contributed by atoms with E-state index in [9.17, 15) is 4.79 Å². The van der Waals surface area contributed by atoms with Gasteiger partial charge >= 0.3 is 0 Å². The van der Waals surface area contributed by atoms with Crippen molar-refractivity contribution in [1.82, 2.24) is 5.32 Å². The van der Waals surface area contributed by atoms with Gasteiger partial charge in [-0.3, -0.25) is 4.79 Å². The van der Waals surface area contributed by atoms with E-state index in [0.717, 1.165) is 75.3 Å². The lowest BCUT2D eigenvalue weighted by Gasteiger charge is -2.15. The number of furan rings is 1. The van der Waals surface area contributed by atoms with Crippen LogP contribution in [0.4, 0.5) is 0 Å². The monoisotopic (exact) mass is 465 g/mol. The Kier molecular flexibility index (Phi) is 8.63. The molecule has 0 unspecified atom stereocenters. The first-order chi connectivity index (χ1) is 16.4. The first kappa shape index (κ1) is 25.2. The number of allylic oxidation sites excluding steroid dienone is 1. The van der Waals surface area contributed by atoms with Crippen molar-refractivity contribution in [2.45, 2.75) is 47.0 Å². The van der Waals surface area contributed by atoms with E-state index in [1.54, 1.807) is 26.6 Å². The van der Waals surface area contributed by atoms with Gasteiger partial charge in [-0.2, -0.15) is 0 Å². The molecule has 3 aromatic rings. The molecule has 1 aromatic heterocycles. The Hall–Kier alpha value is -3.41. The Bertz CT molecular complexity index is 1180. The summed E-state index contributed by atoms with van der Waals surface area (Å²) >= 11 is 0. The minimum absolute atomic E-state index is 0.101. The van der Waals surface area contributed by atoms with Crippen LogP contribution in [0.1, 0.15) is 51.2 Å². The quantitative estimate of drug-likeness (QED) is 0.257. The maximum Gasteiger partial charge on any atom is 0.244 e. The highest BCUT2D eigenvalue weighted by atomic mass is 16.5. The molecule has 0 aliphatic rings. The number of carbonyl (C=O) groups excluding carboxylic acids is 1. The van der Waals surface area contributed by atoms with E-state index >= 15 is 0 Å². The number of hydrogen-bond donors (Lipinski definition) is 1. The Labute approximate surface area is 201 Å². The second kappa shape index (κ2) is 11.6. The number of hydrogen-bond acceptors (Lipinski definition) is 5. The molecule has 1 amide bonds. The van der Waals surface area contributed by atoms with Gasteiger partial charge in [0.2, 0.25) is 5.91 Å². The van der Waals surface area contributed by atoms with Crippen LogP contribution in [0.2, 0.25) is 0 Å². The Morgan fingerprint density at radius 1 is 1.09 bits per heavy atom. The van der Waals surface area contributed by atoms with E-state index in [0.29, 0.717) is 13.2 Å². The van der Waals surface area contributed by atoms with Crippen molar-refractivity contribution in [3.8, 4) is 28.4 Å². The molecule has 0 fully saturated rings. The highest BCUT2D eigenvalue weighted by Crippen LogP contribution is 2.43. The second-order valence-corrected chi connectivity index (χ2v) is 8.23. The molecule has 0 saturated carbocycles. The van der Waals surface area contributed by atoms with E-state index in [1.165, 1.54) is 0 Å². The number of aryl methyl sites for hydroxylation is 1. The number of fused-ring (bicyclic) bond motifs is 1. The van der Waals surface area contributed by atoms with Crippen LogP contribution in [0.15, 0.2) is 41.0 Å². The fourth-order valence-corrected chi connectivity index (χ4v) is 4.08. The molecule has 34 heavy (non-hydrogen) atoms. The summed E-state index contributed by atoms with van der Waals surface area (Å²) in [7, 11) is 3.28. The van der Waals surface area contributed by atoms with Crippen LogP contribution in [0.3, 0.4) is 0 Å². The maximum atomic E-state index is 12.5. The summed E-state index contributed by atoms with van der Waals surface area (Å²) in [6.45, 7) is 9.18. The fraction of sp³-hybridized carbons (Fsp3) is 0.393. The van der Waals surface area contributed by atoms with Gasteiger partial charge in [0.05, 0.1) is 27.1 Å². The molecule has 0 saturated heterocycles. The van der Waals surface area contributed by atoms with Crippen LogP contribution in [-0.2, 0) is 4.79 Å². The average molecular weight is 466 g/mol. The number of unbranched alkanes of at least 4 members (excludes halogenated alkanes) is 2. The van der Waals surface area contributed by atoms with Crippen molar-refractivity contribution >= 4 is 22.4 Å². The first-order valence-corrected chi connectivity index (χ1v) is 11.8. The largest absolute Gasteiger partial charge is 0.497 e. The molecule has 1 heterocycles. The summed E-state index contributed by atoms with van der Waals surface area (Å²) in [6.07, 6.45) is 6.57. The number of carbonyl (C=O) groups is 1. The number of rotatable bonds is 11. The van der Waals surface area contributed by atoms with Gasteiger partial charge in [0, 0.05) is 40.3 Å². The molecule has 3 rings (SSSR count). The topological polar surface area (TPSA) is 69.9 Å². The van der Waals surface area contributed by atoms with Crippen molar-refractivity contribution in [3.05, 3.63) is 47.7 Å². The van der Waals surface area contributed by atoms with Gasteiger partial charge in [0.1, 0.15) is 22.8 Å². The molecule has 0 radical (unpaired) electrons. The molecule has 2 aromatic carbocycles. The molecule has 182 valence electrons. The SMILES string of the molecule is CCCCCNC(=O)/C=C(\C)c1cc2c(-c3cc(OC)ccc3OC)coc2c(C)c1OCC. The van der Waals surface area contributed by atoms with Crippen LogP contribution >= 0.6 is 0 Å². The van der Waals surface area contributed by atoms with Crippen molar-refractivity contribution in [1.29, 1.82) is 0 Å². The first-order valence-electron chi connectivity index (χ1n) is 11.8. The third-order valence-corrected chi connectivity index (χ3v) is 5.88. The normalized spacial score (nSPS) is 11.5. The van der Waals surface area contributed by atoms with Crippen LogP contribution in [-0.4, -0.2) is 33.3 Å². The summed E-state index contributed by atoms with van der Waals surface area (Å²) in [5.41, 5.74) is 5.06. The molecule has 6 nitrogen and oxygen atoms in total. The van der Waals surface area contributed by atoms with Crippen molar-refractivity contribution < 1.29 is 23.4 Å². The molecule has 0 bridgehead atoms. The van der Waals surface area contributed by atoms with Gasteiger partial charge in [-0.25, -0.2) is 0 Å². The van der Waals surface area contributed by atoms with E-state index in [2.05, 4.69) is 12.2 Å². The highest BCUT2D eigenvalue weighted by molar-refractivity contribution is 6.02. The Balaban J connectivity index is 2.11. The fourth-order valence-electron chi connectivity index (χ4n) is 4.08. The Morgan fingerprint density at radius 2 is 1.88 bits per heavy atom. The predicted octanol–water partition coefficient (Wildman–Crippen LogP) is 6.53. The van der Waals surface area contributed by atoms with Crippen LogP contribution in [0.5, 0.6) is 17.2 Å². The van der Waals surface area contributed by atoms with Crippen LogP contribution in [0.25, 0.3) is 27.7 Å². The number of ether oxygens (including phenoxy) is 3. The molecular weight excluding hydrogens is 430 g/mol. The van der Waals surface area contributed by atoms with Crippen LogP contribution < -0.4 is 19.5 Å². The number of methoxy groups -OCH3 is 2. The van der Waals surface area contributed by atoms with E-state index < -0.39 is 0 Å². The molecule has 0 aliphatic heterocycles. The zero-order chi connectivity index (χ0) is 24.7. The molecular formula is C28H35NO5. The van der Waals surface area contributed by atoms with Gasteiger partial charge in [-0.05, 0) is 57.0 Å². The lowest BCUT2D eigenvalue weighted by Crippen LogP contribution is -2.22.